The average molecular weight is 265 g/mol. The van der Waals surface area contributed by atoms with Gasteiger partial charge in [0.25, 0.3) is 0 Å². The summed E-state index contributed by atoms with van der Waals surface area (Å²) in [4.78, 5) is 17.9. The van der Waals surface area contributed by atoms with Crippen molar-refractivity contribution in [3.05, 3.63) is 18.2 Å². The lowest BCUT2D eigenvalue weighted by Crippen LogP contribution is -2.34. The lowest BCUT2D eigenvalue weighted by atomic mass is 9.84. The lowest BCUT2D eigenvalue weighted by Gasteiger charge is -2.23. The molecule has 5 nitrogen and oxygen atoms in total. The van der Waals surface area contributed by atoms with Crippen LogP contribution in [0.4, 0.5) is 0 Å². The van der Waals surface area contributed by atoms with E-state index in [1.54, 1.807) is 0 Å². The number of carboxylic acids is 1. The molecule has 1 fully saturated rings. The summed E-state index contributed by atoms with van der Waals surface area (Å²) in [5.41, 5.74) is 0.634. The second-order valence-electron chi connectivity index (χ2n) is 5.48. The number of rotatable bonds is 6. The van der Waals surface area contributed by atoms with Gasteiger partial charge in [0.1, 0.15) is 0 Å². The van der Waals surface area contributed by atoms with Gasteiger partial charge in [-0.05, 0) is 25.8 Å². The van der Waals surface area contributed by atoms with Gasteiger partial charge in [-0.3, -0.25) is 9.69 Å². The van der Waals surface area contributed by atoms with Gasteiger partial charge >= 0.3 is 5.97 Å². The van der Waals surface area contributed by atoms with Crippen LogP contribution in [0, 0.1) is 5.41 Å². The Kier molecular flexibility index (Phi) is 4.24. The highest BCUT2D eigenvalue weighted by atomic mass is 16.4. The second-order valence-corrected chi connectivity index (χ2v) is 5.48. The van der Waals surface area contributed by atoms with Crippen molar-refractivity contribution < 1.29 is 9.90 Å². The zero-order valence-electron chi connectivity index (χ0n) is 11.8. The predicted molar refractivity (Wildman–Crippen MR) is 72.8 cm³/mol. The molecule has 0 bridgehead atoms. The number of aromatic nitrogens is 2. The van der Waals surface area contributed by atoms with Crippen LogP contribution in [0.25, 0.3) is 0 Å². The summed E-state index contributed by atoms with van der Waals surface area (Å²) in [6.45, 7) is 7.40. The van der Waals surface area contributed by atoms with Gasteiger partial charge in [0.05, 0.1) is 17.4 Å². The summed E-state index contributed by atoms with van der Waals surface area (Å²) in [6, 6.07) is 0. The molecule has 1 saturated heterocycles. The summed E-state index contributed by atoms with van der Waals surface area (Å²) in [5.74, 6) is -0.653. The highest BCUT2D eigenvalue weighted by Gasteiger charge is 2.43. The third kappa shape index (κ3) is 2.81. The van der Waals surface area contributed by atoms with E-state index >= 15 is 0 Å². The van der Waals surface area contributed by atoms with Gasteiger partial charge in [-0.2, -0.15) is 0 Å². The fraction of sp³-hybridized carbons (Fsp3) is 0.714. The Labute approximate surface area is 114 Å². The highest BCUT2D eigenvalue weighted by Crippen LogP contribution is 2.34. The molecular formula is C14H23N3O2. The minimum atomic E-state index is -0.653. The molecule has 2 rings (SSSR count). The first-order chi connectivity index (χ1) is 9.11. The molecule has 1 aliphatic heterocycles. The van der Waals surface area contributed by atoms with E-state index in [9.17, 15) is 9.90 Å². The number of aryl methyl sites for hydroxylation is 1. The first kappa shape index (κ1) is 14.1. The fourth-order valence-electron chi connectivity index (χ4n) is 2.86. The van der Waals surface area contributed by atoms with Gasteiger partial charge in [-0.15, -0.1) is 0 Å². The molecule has 0 radical (unpaired) electrons. The van der Waals surface area contributed by atoms with E-state index in [0.29, 0.717) is 13.0 Å². The van der Waals surface area contributed by atoms with Crippen molar-refractivity contribution in [3.8, 4) is 0 Å². The molecule has 0 amide bonds. The predicted octanol–water partition coefficient (Wildman–Crippen LogP) is 1.98. The summed E-state index contributed by atoms with van der Waals surface area (Å²) in [5, 5.41) is 9.40. The summed E-state index contributed by atoms with van der Waals surface area (Å²) in [7, 11) is 0. The van der Waals surface area contributed by atoms with Crippen molar-refractivity contribution in [1.82, 2.24) is 14.5 Å². The molecule has 1 atom stereocenters. The maximum absolute atomic E-state index is 11.4. The van der Waals surface area contributed by atoms with E-state index in [0.717, 1.165) is 32.5 Å². The van der Waals surface area contributed by atoms with E-state index in [1.165, 1.54) is 5.69 Å². The van der Waals surface area contributed by atoms with E-state index in [4.69, 9.17) is 0 Å². The third-order valence-corrected chi connectivity index (χ3v) is 4.21. The number of hydrogen-bond donors (Lipinski definition) is 1. The Morgan fingerprint density at radius 2 is 2.32 bits per heavy atom. The van der Waals surface area contributed by atoms with Crippen LogP contribution in [0.15, 0.2) is 12.5 Å². The molecule has 1 aromatic heterocycles. The minimum Gasteiger partial charge on any atom is -0.481 e. The molecule has 19 heavy (non-hydrogen) atoms. The number of aliphatic carboxylic acids is 1. The monoisotopic (exact) mass is 265 g/mol. The Hall–Kier alpha value is -1.36. The van der Waals surface area contributed by atoms with Crippen LogP contribution in [0.2, 0.25) is 0 Å². The van der Waals surface area contributed by atoms with Gasteiger partial charge in [0, 0.05) is 25.8 Å². The number of nitrogens with zero attached hydrogens (tertiary/aromatic N) is 3. The van der Waals surface area contributed by atoms with Crippen molar-refractivity contribution in [3.63, 3.8) is 0 Å². The first-order valence-corrected chi connectivity index (χ1v) is 7.06. The second kappa shape index (κ2) is 5.74. The molecule has 0 aliphatic carbocycles. The first-order valence-electron chi connectivity index (χ1n) is 7.06. The molecule has 1 aromatic rings. The van der Waals surface area contributed by atoms with Gasteiger partial charge in [-0.1, -0.05) is 13.8 Å². The number of carbonyl (C=O) groups is 1. The zero-order chi connectivity index (χ0) is 13.9. The molecule has 0 saturated carbocycles. The van der Waals surface area contributed by atoms with E-state index in [2.05, 4.69) is 21.4 Å². The van der Waals surface area contributed by atoms with Crippen LogP contribution < -0.4 is 0 Å². The summed E-state index contributed by atoms with van der Waals surface area (Å²) < 4.78 is 2.16. The van der Waals surface area contributed by atoms with Crippen LogP contribution in [0.1, 0.15) is 38.8 Å². The minimum absolute atomic E-state index is 0.546. The lowest BCUT2D eigenvalue weighted by molar-refractivity contribution is -0.148. The van der Waals surface area contributed by atoms with Gasteiger partial charge < -0.3 is 9.67 Å². The van der Waals surface area contributed by atoms with E-state index in [-0.39, 0.29) is 0 Å². The zero-order valence-corrected chi connectivity index (χ0v) is 11.8. The van der Waals surface area contributed by atoms with Crippen molar-refractivity contribution in [2.24, 2.45) is 5.41 Å². The average Bonchev–Trinajstić information content (AvgIpc) is 2.99. The Balaban J connectivity index is 2.02. The number of carboxylic acid groups (broad SMARTS) is 1. The number of imidazole rings is 1. The van der Waals surface area contributed by atoms with Crippen molar-refractivity contribution >= 4 is 5.97 Å². The van der Waals surface area contributed by atoms with Crippen molar-refractivity contribution in [1.29, 1.82) is 0 Å². The van der Waals surface area contributed by atoms with Crippen LogP contribution >= 0.6 is 0 Å². The number of hydrogen-bond acceptors (Lipinski definition) is 3. The largest absolute Gasteiger partial charge is 0.481 e. The SMILES string of the molecule is CCCn1cncc1CN1CCC(CC)(C(=O)O)C1. The Bertz CT molecular complexity index is 444. The molecule has 0 spiro atoms. The maximum Gasteiger partial charge on any atom is 0.310 e. The van der Waals surface area contributed by atoms with Crippen LogP contribution in [0.3, 0.4) is 0 Å². The summed E-state index contributed by atoms with van der Waals surface area (Å²) >= 11 is 0. The molecule has 1 N–H and O–H groups in total. The smallest absolute Gasteiger partial charge is 0.310 e. The van der Waals surface area contributed by atoms with Crippen LogP contribution in [-0.2, 0) is 17.9 Å². The van der Waals surface area contributed by atoms with Crippen molar-refractivity contribution in [2.45, 2.75) is 46.2 Å². The van der Waals surface area contributed by atoms with E-state index in [1.807, 2.05) is 19.4 Å². The van der Waals surface area contributed by atoms with Gasteiger partial charge in [0.15, 0.2) is 0 Å². The van der Waals surface area contributed by atoms with E-state index < -0.39 is 11.4 Å². The molecule has 106 valence electrons. The Morgan fingerprint density at radius 1 is 1.53 bits per heavy atom. The molecule has 5 heteroatoms. The highest BCUT2D eigenvalue weighted by molar-refractivity contribution is 5.75. The maximum atomic E-state index is 11.4. The molecule has 1 unspecified atom stereocenters. The van der Waals surface area contributed by atoms with Gasteiger partial charge in [0.2, 0.25) is 0 Å². The topological polar surface area (TPSA) is 58.4 Å². The molecule has 0 aromatic carbocycles. The fourth-order valence-corrected chi connectivity index (χ4v) is 2.86. The quantitative estimate of drug-likeness (QED) is 0.854. The van der Waals surface area contributed by atoms with Crippen LogP contribution in [-0.4, -0.2) is 38.6 Å². The molecule has 1 aliphatic rings. The normalized spacial score (nSPS) is 23.9. The van der Waals surface area contributed by atoms with Crippen molar-refractivity contribution in [2.75, 3.05) is 13.1 Å². The van der Waals surface area contributed by atoms with Crippen LogP contribution in [0.5, 0.6) is 0 Å². The third-order valence-electron chi connectivity index (χ3n) is 4.21. The molecular weight excluding hydrogens is 242 g/mol. The van der Waals surface area contributed by atoms with Gasteiger partial charge in [-0.25, -0.2) is 4.98 Å². The number of likely N-dealkylation sites (tertiary alicyclic amines) is 1. The molecule has 2 heterocycles. The standard InChI is InChI=1S/C14H23N3O2/c1-3-6-17-11-15-8-12(17)9-16-7-5-14(4-2,10-16)13(18)19/h8,11H,3-7,9-10H2,1-2H3,(H,18,19). The summed E-state index contributed by atoms with van der Waals surface area (Å²) in [6.07, 6.45) is 6.28. The Morgan fingerprint density at radius 3 is 2.89 bits per heavy atom.